The average molecular weight is 567 g/mol. The summed E-state index contributed by atoms with van der Waals surface area (Å²) in [5.41, 5.74) is 1.28. The van der Waals surface area contributed by atoms with Gasteiger partial charge in [-0.05, 0) is 57.6 Å². The van der Waals surface area contributed by atoms with Gasteiger partial charge in [-0.15, -0.1) is 0 Å². The lowest BCUT2D eigenvalue weighted by Gasteiger charge is -2.06. The molecule has 0 saturated carbocycles. The van der Waals surface area contributed by atoms with E-state index in [-0.39, 0.29) is 18.9 Å². The summed E-state index contributed by atoms with van der Waals surface area (Å²) in [6, 6.07) is 4.52. The van der Waals surface area contributed by atoms with Crippen LogP contribution in [0.1, 0.15) is 17.7 Å². The van der Waals surface area contributed by atoms with Crippen molar-refractivity contribution in [3.8, 4) is 0 Å². The van der Waals surface area contributed by atoms with Gasteiger partial charge in [0.15, 0.2) is 5.82 Å². The van der Waals surface area contributed by atoms with E-state index in [4.69, 9.17) is 11.6 Å². The second-order valence-electron chi connectivity index (χ2n) is 5.85. The van der Waals surface area contributed by atoms with Crippen molar-refractivity contribution in [2.75, 3.05) is 5.32 Å². The Morgan fingerprint density at radius 2 is 2.11 bits per heavy atom. The van der Waals surface area contributed by atoms with E-state index >= 15 is 0 Å². The summed E-state index contributed by atoms with van der Waals surface area (Å²) >= 11 is 11.6. The molecule has 0 unspecified atom stereocenters. The number of amides is 1. The summed E-state index contributed by atoms with van der Waals surface area (Å²) in [4.78, 5) is 12.2. The van der Waals surface area contributed by atoms with Crippen LogP contribution in [0.15, 0.2) is 35.1 Å². The van der Waals surface area contributed by atoms with Gasteiger partial charge in [0.05, 0.1) is 20.3 Å². The molecule has 0 atom stereocenters. The summed E-state index contributed by atoms with van der Waals surface area (Å²) in [6.45, 7) is 2.55. The maximum Gasteiger partial charge on any atom is 0.227 e. The largest absolute Gasteiger partial charge is 0.308 e. The molecule has 2 heterocycles. The van der Waals surface area contributed by atoms with Gasteiger partial charge in [-0.2, -0.15) is 10.2 Å². The third kappa shape index (κ3) is 5.08. The highest BCUT2D eigenvalue weighted by Crippen LogP contribution is 2.24. The normalized spacial score (nSPS) is 11.0. The third-order valence-corrected chi connectivity index (χ3v) is 5.80. The number of nitrogens with zero attached hydrogens (tertiary/aromatic N) is 4. The van der Waals surface area contributed by atoms with Crippen LogP contribution in [0.5, 0.6) is 0 Å². The molecule has 142 valence electrons. The molecular formula is C17H15BrClFIN5O. The smallest absolute Gasteiger partial charge is 0.227 e. The molecule has 1 amide bonds. The highest BCUT2D eigenvalue weighted by Gasteiger charge is 2.14. The molecule has 0 fully saturated rings. The molecule has 6 nitrogen and oxygen atoms in total. The van der Waals surface area contributed by atoms with Gasteiger partial charge in [-0.1, -0.05) is 17.7 Å². The predicted octanol–water partition coefficient (Wildman–Crippen LogP) is 4.62. The molecule has 0 bridgehead atoms. The van der Waals surface area contributed by atoms with Gasteiger partial charge in [0.1, 0.15) is 5.82 Å². The highest BCUT2D eigenvalue weighted by molar-refractivity contribution is 14.1. The first-order valence-corrected chi connectivity index (χ1v) is 10.2. The number of aryl methyl sites for hydroxylation is 2. The number of halogens is 4. The second kappa shape index (κ2) is 8.70. The third-order valence-electron chi connectivity index (χ3n) is 3.81. The van der Waals surface area contributed by atoms with E-state index < -0.39 is 5.82 Å². The van der Waals surface area contributed by atoms with Gasteiger partial charge in [0.2, 0.25) is 5.91 Å². The standard InChI is InChI=1S/C17H15BrClFIN5O/c1-10-15(21)9-25(23-10)6-5-16(27)22-17-12(18)8-26(24-17)7-11-13(19)3-2-4-14(11)20/h2-4,8-9H,5-7H2,1H3,(H,22,24,27). The number of hydrogen-bond acceptors (Lipinski definition) is 3. The van der Waals surface area contributed by atoms with Crippen molar-refractivity contribution < 1.29 is 9.18 Å². The summed E-state index contributed by atoms with van der Waals surface area (Å²) in [5.74, 6) is -0.212. The van der Waals surface area contributed by atoms with Gasteiger partial charge in [-0.3, -0.25) is 14.2 Å². The molecule has 2 aromatic heterocycles. The Labute approximate surface area is 182 Å². The number of rotatable bonds is 6. The Hall–Kier alpha value is -1.46. The van der Waals surface area contributed by atoms with Crippen molar-refractivity contribution in [3.63, 3.8) is 0 Å². The van der Waals surface area contributed by atoms with Crippen LogP contribution < -0.4 is 5.32 Å². The summed E-state index contributed by atoms with van der Waals surface area (Å²) in [5, 5.41) is 11.7. The molecule has 0 radical (unpaired) electrons. The predicted molar refractivity (Wildman–Crippen MR) is 113 cm³/mol. The number of aromatic nitrogens is 4. The molecule has 0 aliphatic heterocycles. The van der Waals surface area contributed by atoms with Gasteiger partial charge in [-0.25, -0.2) is 4.39 Å². The number of benzene rings is 1. The zero-order valence-corrected chi connectivity index (χ0v) is 18.7. The van der Waals surface area contributed by atoms with Crippen molar-refractivity contribution in [2.45, 2.75) is 26.4 Å². The number of carbonyl (C=O) groups excluding carboxylic acids is 1. The van der Waals surface area contributed by atoms with Crippen molar-refractivity contribution in [2.24, 2.45) is 0 Å². The number of hydrogen-bond donors (Lipinski definition) is 1. The second-order valence-corrected chi connectivity index (χ2v) is 8.27. The van der Waals surface area contributed by atoms with E-state index in [1.807, 2.05) is 13.1 Å². The van der Waals surface area contributed by atoms with Crippen molar-refractivity contribution >= 4 is 61.8 Å². The van der Waals surface area contributed by atoms with Gasteiger partial charge in [0.25, 0.3) is 0 Å². The van der Waals surface area contributed by atoms with Crippen LogP contribution in [-0.4, -0.2) is 25.5 Å². The Bertz CT molecular complexity index is 950. The van der Waals surface area contributed by atoms with E-state index in [0.717, 1.165) is 9.26 Å². The van der Waals surface area contributed by atoms with Crippen LogP contribution >= 0.6 is 50.1 Å². The zero-order valence-electron chi connectivity index (χ0n) is 14.2. The fourth-order valence-corrected chi connectivity index (χ4v) is 3.49. The highest BCUT2D eigenvalue weighted by atomic mass is 127. The minimum atomic E-state index is -0.399. The molecule has 3 rings (SSSR count). The quantitative estimate of drug-likeness (QED) is 0.443. The van der Waals surface area contributed by atoms with E-state index in [1.54, 1.807) is 23.0 Å². The van der Waals surface area contributed by atoms with Crippen LogP contribution in [0.3, 0.4) is 0 Å². The fraction of sp³-hybridized carbons (Fsp3) is 0.235. The Balaban J connectivity index is 1.63. The topological polar surface area (TPSA) is 64.7 Å². The van der Waals surface area contributed by atoms with Crippen LogP contribution in [0.2, 0.25) is 5.02 Å². The summed E-state index contributed by atoms with van der Waals surface area (Å²) < 4.78 is 18.8. The van der Waals surface area contributed by atoms with Crippen LogP contribution in [0.25, 0.3) is 0 Å². The lowest BCUT2D eigenvalue weighted by molar-refractivity contribution is -0.116. The molecule has 0 saturated heterocycles. The molecule has 1 N–H and O–H groups in total. The zero-order chi connectivity index (χ0) is 19.6. The fourth-order valence-electron chi connectivity index (χ4n) is 2.43. The molecule has 10 heteroatoms. The molecule has 0 aliphatic carbocycles. The first-order valence-electron chi connectivity index (χ1n) is 7.98. The van der Waals surface area contributed by atoms with Crippen molar-refractivity contribution in [1.82, 2.24) is 19.6 Å². The Morgan fingerprint density at radius 1 is 1.33 bits per heavy atom. The SMILES string of the molecule is Cc1nn(CCC(=O)Nc2nn(Cc3c(F)cccc3Cl)cc2Br)cc1I. The number of anilines is 1. The van der Waals surface area contributed by atoms with Gasteiger partial charge < -0.3 is 5.32 Å². The number of carbonyl (C=O) groups is 1. The van der Waals surface area contributed by atoms with Crippen molar-refractivity contribution in [3.05, 3.63) is 60.7 Å². The minimum absolute atomic E-state index is 0.158. The van der Waals surface area contributed by atoms with Crippen LogP contribution in [0, 0.1) is 16.3 Å². The van der Waals surface area contributed by atoms with Crippen LogP contribution in [0.4, 0.5) is 10.2 Å². The Kier molecular flexibility index (Phi) is 6.53. The average Bonchev–Trinajstić information content (AvgIpc) is 3.11. The van der Waals surface area contributed by atoms with E-state index in [0.29, 0.717) is 27.4 Å². The molecule has 0 spiro atoms. The van der Waals surface area contributed by atoms with E-state index in [1.165, 1.54) is 10.7 Å². The number of nitrogens with one attached hydrogen (secondary N) is 1. The maximum atomic E-state index is 13.9. The monoisotopic (exact) mass is 565 g/mol. The molecular weight excluding hydrogens is 551 g/mol. The van der Waals surface area contributed by atoms with Crippen molar-refractivity contribution in [1.29, 1.82) is 0 Å². The first kappa shape index (κ1) is 20.3. The minimum Gasteiger partial charge on any atom is -0.308 e. The van der Waals surface area contributed by atoms with E-state index in [9.17, 15) is 9.18 Å². The first-order chi connectivity index (χ1) is 12.8. The van der Waals surface area contributed by atoms with Gasteiger partial charge >= 0.3 is 0 Å². The maximum absolute atomic E-state index is 13.9. The molecule has 1 aromatic carbocycles. The van der Waals surface area contributed by atoms with Gasteiger partial charge in [0, 0.05) is 35.9 Å². The lowest BCUT2D eigenvalue weighted by Crippen LogP contribution is -2.15. The summed E-state index contributed by atoms with van der Waals surface area (Å²) in [6.07, 6.45) is 3.82. The summed E-state index contributed by atoms with van der Waals surface area (Å²) in [7, 11) is 0. The molecule has 3 aromatic rings. The molecule has 27 heavy (non-hydrogen) atoms. The van der Waals surface area contributed by atoms with Crippen LogP contribution in [-0.2, 0) is 17.9 Å². The molecule has 0 aliphatic rings. The van der Waals surface area contributed by atoms with E-state index in [2.05, 4.69) is 54.0 Å². The lowest BCUT2D eigenvalue weighted by atomic mass is 10.2. The Morgan fingerprint density at radius 3 is 2.78 bits per heavy atom.